The number of imidazole rings is 1. The van der Waals surface area contributed by atoms with Gasteiger partial charge in [-0.1, -0.05) is 19.3 Å². The normalized spacial score (nSPS) is 17.2. The largest absolute Gasteiger partial charge is 0.330 e. The highest BCUT2D eigenvalue weighted by Crippen LogP contribution is 2.32. The molecule has 1 aliphatic rings. The molecule has 2 N–H and O–H groups in total. The summed E-state index contributed by atoms with van der Waals surface area (Å²) < 4.78 is 15.8. The molecule has 0 radical (unpaired) electrons. The van der Waals surface area contributed by atoms with Crippen LogP contribution in [0.5, 0.6) is 0 Å². The summed E-state index contributed by atoms with van der Waals surface area (Å²) >= 11 is 0. The summed E-state index contributed by atoms with van der Waals surface area (Å²) in [5, 5.41) is 0. The fraction of sp³-hybridized carbons (Fsp3) is 0.533. The maximum absolute atomic E-state index is 13.5. The van der Waals surface area contributed by atoms with Crippen LogP contribution in [0.1, 0.15) is 44.0 Å². The first kappa shape index (κ1) is 12.6. The van der Waals surface area contributed by atoms with Crippen molar-refractivity contribution in [3.8, 4) is 0 Å². The average Bonchev–Trinajstić information content (AvgIpc) is 2.77. The Kier molecular flexibility index (Phi) is 3.51. The van der Waals surface area contributed by atoms with E-state index in [0.717, 1.165) is 23.3 Å². The highest BCUT2D eigenvalue weighted by atomic mass is 19.1. The lowest BCUT2D eigenvalue weighted by atomic mass is 9.95. The van der Waals surface area contributed by atoms with Gasteiger partial charge in [0, 0.05) is 12.5 Å². The second-order valence-corrected chi connectivity index (χ2v) is 5.36. The molecule has 0 unspecified atom stereocenters. The van der Waals surface area contributed by atoms with E-state index in [0.29, 0.717) is 12.6 Å². The monoisotopic (exact) mass is 261 g/mol. The second kappa shape index (κ2) is 5.29. The van der Waals surface area contributed by atoms with Crippen molar-refractivity contribution in [2.75, 3.05) is 6.54 Å². The fourth-order valence-electron chi connectivity index (χ4n) is 3.17. The Balaban J connectivity index is 2.11. The molecule has 0 bridgehead atoms. The minimum atomic E-state index is -0.191. The highest BCUT2D eigenvalue weighted by molar-refractivity contribution is 5.76. The molecule has 19 heavy (non-hydrogen) atoms. The number of fused-ring (bicyclic) bond motifs is 1. The van der Waals surface area contributed by atoms with Crippen LogP contribution in [0, 0.1) is 5.82 Å². The van der Waals surface area contributed by atoms with Gasteiger partial charge in [0.2, 0.25) is 0 Å². The molecule has 1 aromatic heterocycles. The summed E-state index contributed by atoms with van der Waals surface area (Å²) in [6.07, 6.45) is 6.90. The number of nitrogens with zero attached hydrogens (tertiary/aromatic N) is 2. The Morgan fingerprint density at radius 3 is 2.79 bits per heavy atom. The maximum Gasteiger partial charge on any atom is 0.125 e. The van der Waals surface area contributed by atoms with Crippen molar-refractivity contribution < 1.29 is 4.39 Å². The summed E-state index contributed by atoms with van der Waals surface area (Å²) in [7, 11) is 0. The number of benzene rings is 1. The standard InChI is InChI=1S/C15H20FN3/c16-11-6-7-13-14(10-11)19(15(18-13)8-9-17)12-4-2-1-3-5-12/h6-7,10,12H,1-5,8-9,17H2. The van der Waals surface area contributed by atoms with Crippen LogP contribution >= 0.6 is 0 Å². The van der Waals surface area contributed by atoms with Crippen LogP contribution in [-0.2, 0) is 6.42 Å². The lowest BCUT2D eigenvalue weighted by molar-refractivity contribution is 0.352. The Bertz CT molecular complexity index is 570. The Hall–Kier alpha value is -1.42. The maximum atomic E-state index is 13.5. The van der Waals surface area contributed by atoms with E-state index in [1.54, 1.807) is 12.1 Å². The SMILES string of the molecule is NCCc1nc2ccc(F)cc2n1C1CCCCC1. The van der Waals surface area contributed by atoms with Crippen LogP contribution in [0.25, 0.3) is 11.0 Å². The van der Waals surface area contributed by atoms with Gasteiger partial charge in [-0.2, -0.15) is 0 Å². The molecule has 0 aliphatic heterocycles. The van der Waals surface area contributed by atoms with Gasteiger partial charge in [0.15, 0.2) is 0 Å². The highest BCUT2D eigenvalue weighted by Gasteiger charge is 2.21. The first-order valence-electron chi connectivity index (χ1n) is 7.16. The molecule has 1 aromatic carbocycles. The lowest BCUT2D eigenvalue weighted by Gasteiger charge is -2.25. The van der Waals surface area contributed by atoms with Crippen molar-refractivity contribution in [2.24, 2.45) is 5.73 Å². The molecule has 3 nitrogen and oxygen atoms in total. The first-order valence-corrected chi connectivity index (χ1v) is 7.16. The van der Waals surface area contributed by atoms with Crippen LogP contribution in [0.4, 0.5) is 4.39 Å². The van der Waals surface area contributed by atoms with Gasteiger partial charge in [-0.15, -0.1) is 0 Å². The minimum absolute atomic E-state index is 0.191. The summed E-state index contributed by atoms with van der Waals surface area (Å²) in [5.41, 5.74) is 7.49. The van der Waals surface area contributed by atoms with Gasteiger partial charge < -0.3 is 10.3 Å². The molecule has 1 fully saturated rings. The third-order valence-corrected chi connectivity index (χ3v) is 4.03. The molecule has 4 heteroatoms. The molecule has 3 rings (SSSR count). The van der Waals surface area contributed by atoms with Crippen LogP contribution < -0.4 is 5.73 Å². The molecule has 0 spiro atoms. The van der Waals surface area contributed by atoms with E-state index in [-0.39, 0.29) is 5.82 Å². The number of rotatable bonds is 3. The topological polar surface area (TPSA) is 43.8 Å². The number of halogens is 1. The van der Waals surface area contributed by atoms with Crippen LogP contribution in [-0.4, -0.2) is 16.1 Å². The van der Waals surface area contributed by atoms with Gasteiger partial charge in [-0.05, 0) is 37.6 Å². The van der Waals surface area contributed by atoms with Crippen molar-refractivity contribution in [2.45, 2.75) is 44.6 Å². The summed E-state index contributed by atoms with van der Waals surface area (Å²) in [6.45, 7) is 0.582. The van der Waals surface area contributed by atoms with Crippen molar-refractivity contribution in [1.29, 1.82) is 0 Å². The van der Waals surface area contributed by atoms with Gasteiger partial charge in [0.1, 0.15) is 11.6 Å². The fourth-order valence-corrected chi connectivity index (χ4v) is 3.17. The van der Waals surface area contributed by atoms with Gasteiger partial charge >= 0.3 is 0 Å². The number of aromatic nitrogens is 2. The second-order valence-electron chi connectivity index (χ2n) is 5.36. The first-order chi connectivity index (χ1) is 9.29. The Morgan fingerprint density at radius 2 is 2.05 bits per heavy atom. The number of hydrogen-bond acceptors (Lipinski definition) is 2. The molecular formula is C15H20FN3. The van der Waals surface area contributed by atoms with Crippen molar-refractivity contribution in [3.05, 3.63) is 29.8 Å². The van der Waals surface area contributed by atoms with Gasteiger partial charge in [-0.3, -0.25) is 0 Å². The van der Waals surface area contributed by atoms with Crippen LogP contribution in [0.15, 0.2) is 18.2 Å². The Labute approximate surface area is 112 Å². The van der Waals surface area contributed by atoms with Gasteiger partial charge in [-0.25, -0.2) is 9.37 Å². The molecule has 2 aromatic rings. The molecular weight excluding hydrogens is 241 g/mol. The van der Waals surface area contributed by atoms with Crippen molar-refractivity contribution >= 4 is 11.0 Å². The third kappa shape index (κ3) is 2.37. The number of hydrogen-bond donors (Lipinski definition) is 1. The molecule has 102 valence electrons. The average molecular weight is 261 g/mol. The van der Waals surface area contributed by atoms with E-state index in [9.17, 15) is 4.39 Å². The molecule has 0 amide bonds. The predicted octanol–water partition coefficient (Wildman–Crippen LogP) is 3.18. The summed E-state index contributed by atoms with van der Waals surface area (Å²) in [6, 6.07) is 5.32. The molecule has 0 saturated heterocycles. The quantitative estimate of drug-likeness (QED) is 0.922. The third-order valence-electron chi connectivity index (χ3n) is 4.03. The smallest absolute Gasteiger partial charge is 0.125 e. The molecule has 1 aliphatic carbocycles. The van der Waals surface area contributed by atoms with Crippen molar-refractivity contribution in [1.82, 2.24) is 9.55 Å². The summed E-state index contributed by atoms with van der Waals surface area (Å²) in [4.78, 5) is 4.64. The van der Waals surface area contributed by atoms with E-state index in [2.05, 4.69) is 9.55 Å². The number of nitrogens with two attached hydrogens (primary N) is 1. The van der Waals surface area contributed by atoms with E-state index in [1.165, 1.54) is 38.2 Å². The van der Waals surface area contributed by atoms with Gasteiger partial charge in [0.05, 0.1) is 11.0 Å². The van der Waals surface area contributed by atoms with Crippen molar-refractivity contribution in [3.63, 3.8) is 0 Å². The summed E-state index contributed by atoms with van der Waals surface area (Å²) in [5.74, 6) is 0.818. The zero-order valence-electron chi connectivity index (χ0n) is 11.1. The van der Waals surface area contributed by atoms with E-state index >= 15 is 0 Å². The zero-order chi connectivity index (χ0) is 13.2. The van der Waals surface area contributed by atoms with E-state index in [4.69, 9.17) is 5.73 Å². The van der Waals surface area contributed by atoms with E-state index in [1.807, 2.05) is 0 Å². The molecule has 1 heterocycles. The molecule has 1 saturated carbocycles. The molecule has 0 atom stereocenters. The van der Waals surface area contributed by atoms with Crippen LogP contribution in [0.2, 0.25) is 0 Å². The minimum Gasteiger partial charge on any atom is -0.330 e. The Morgan fingerprint density at radius 1 is 1.26 bits per heavy atom. The zero-order valence-corrected chi connectivity index (χ0v) is 11.1. The van der Waals surface area contributed by atoms with Gasteiger partial charge in [0.25, 0.3) is 0 Å². The van der Waals surface area contributed by atoms with Crippen LogP contribution in [0.3, 0.4) is 0 Å². The van der Waals surface area contributed by atoms with E-state index < -0.39 is 0 Å². The lowest BCUT2D eigenvalue weighted by Crippen LogP contribution is -2.17. The predicted molar refractivity (Wildman–Crippen MR) is 74.6 cm³/mol.